The van der Waals surface area contributed by atoms with Crippen molar-refractivity contribution >= 4 is 23.4 Å². The lowest BCUT2D eigenvalue weighted by Crippen LogP contribution is -2.39. The van der Waals surface area contributed by atoms with E-state index in [1.807, 2.05) is 43.3 Å². The molecule has 0 saturated carbocycles. The molecule has 0 bridgehead atoms. The minimum absolute atomic E-state index is 0.218. The molecule has 1 atom stereocenters. The summed E-state index contributed by atoms with van der Waals surface area (Å²) >= 11 is 1.28. The predicted molar refractivity (Wildman–Crippen MR) is 120 cm³/mol. The fourth-order valence-corrected chi connectivity index (χ4v) is 4.76. The number of furan rings is 1. The van der Waals surface area contributed by atoms with Gasteiger partial charge in [0, 0.05) is 6.08 Å². The zero-order valence-electron chi connectivity index (χ0n) is 18.1. The van der Waals surface area contributed by atoms with Crippen molar-refractivity contribution in [1.82, 2.24) is 4.57 Å². The highest BCUT2D eigenvalue weighted by atomic mass is 32.1. The molecule has 3 heterocycles. The largest absolute Gasteiger partial charge is 0.466 e. The lowest BCUT2D eigenvalue weighted by atomic mass is 9.93. The molecule has 0 radical (unpaired) electrons. The summed E-state index contributed by atoms with van der Waals surface area (Å²) in [5, 5.41) is 0. The summed E-state index contributed by atoms with van der Waals surface area (Å²) < 4.78 is 12.7. The zero-order chi connectivity index (χ0) is 22.3. The van der Waals surface area contributed by atoms with Gasteiger partial charge in [0.05, 0.1) is 29.0 Å². The Morgan fingerprint density at radius 2 is 1.90 bits per heavy atom. The molecule has 160 valence electrons. The number of allylic oxidation sites excluding steroid dienone is 1. The molecule has 31 heavy (non-hydrogen) atoms. The van der Waals surface area contributed by atoms with Crippen molar-refractivity contribution in [2.75, 3.05) is 7.11 Å². The average Bonchev–Trinajstić information content (AvgIpc) is 3.29. The first-order valence-electron chi connectivity index (χ1n) is 10.1. The second-order valence-electron chi connectivity index (χ2n) is 7.84. The van der Waals surface area contributed by atoms with Crippen molar-refractivity contribution in [2.24, 2.45) is 4.99 Å². The van der Waals surface area contributed by atoms with Gasteiger partial charge in [-0.1, -0.05) is 49.4 Å². The SMILES string of the molecule is COC(=O)C1=C(C)N=c2s/c(=C/c3ccc(C)o3)c(=O)n2[C@H]1c1ccc(C(C)C)cc1. The highest BCUT2D eigenvalue weighted by Crippen LogP contribution is 2.31. The molecule has 6 nitrogen and oxygen atoms in total. The van der Waals surface area contributed by atoms with Crippen molar-refractivity contribution < 1.29 is 13.9 Å². The number of carbonyl (C=O) groups excluding carboxylic acids is 1. The molecular formula is C24H24N2O4S. The number of aryl methyl sites for hydroxylation is 1. The van der Waals surface area contributed by atoms with Gasteiger partial charge in [-0.25, -0.2) is 9.79 Å². The molecule has 3 aromatic rings. The molecule has 0 aliphatic carbocycles. The third-order valence-electron chi connectivity index (χ3n) is 5.38. The lowest BCUT2D eigenvalue weighted by molar-refractivity contribution is -0.136. The molecule has 0 amide bonds. The maximum absolute atomic E-state index is 13.4. The molecule has 0 saturated heterocycles. The van der Waals surface area contributed by atoms with Crippen LogP contribution in [0.3, 0.4) is 0 Å². The topological polar surface area (TPSA) is 73.8 Å². The molecule has 7 heteroatoms. The van der Waals surface area contributed by atoms with Crippen LogP contribution in [0.25, 0.3) is 6.08 Å². The Labute approximate surface area is 183 Å². The second-order valence-corrected chi connectivity index (χ2v) is 8.85. The first-order valence-corrected chi connectivity index (χ1v) is 10.9. The first-order chi connectivity index (χ1) is 14.8. The van der Waals surface area contributed by atoms with E-state index < -0.39 is 12.0 Å². The maximum atomic E-state index is 13.4. The quantitative estimate of drug-likeness (QED) is 0.588. The summed E-state index contributed by atoms with van der Waals surface area (Å²) in [4.78, 5) is 31.2. The molecule has 1 aliphatic heterocycles. The standard InChI is InChI=1S/C24H24N2O4S/c1-13(2)16-7-9-17(10-8-16)21-20(23(28)29-5)15(4)25-24-26(21)22(27)19(31-24)12-18-11-6-14(3)30-18/h6-13,21H,1-5H3/b19-12+/t21-/m0/s1. The minimum atomic E-state index is -0.606. The summed E-state index contributed by atoms with van der Waals surface area (Å²) in [6, 6.07) is 11.1. The molecule has 0 N–H and O–H groups in total. The highest BCUT2D eigenvalue weighted by molar-refractivity contribution is 7.07. The molecule has 2 aromatic heterocycles. The molecule has 1 aliphatic rings. The van der Waals surface area contributed by atoms with Gasteiger partial charge in [-0.2, -0.15) is 0 Å². The van der Waals surface area contributed by atoms with Gasteiger partial charge >= 0.3 is 5.97 Å². The van der Waals surface area contributed by atoms with Gasteiger partial charge in [0.25, 0.3) is 5.56 Å². The van der Waals surface area contributed by atoms with Crippen LogP contribution in [0.5, 0.6) is 0 Å². The minimum Gasteiger partial charge on any atom is -0.466 e. The number of hydrogen-bond donors (Lipinski definition) is 0. The van der Waals surface area contributed by atoms with E-state index in [2.05, 4.69) is 18.8 Å². The Hall–Kier alpha value is -3.19. The van der Waals surface area contributed by atoms with E-state index in [0.717, 1.165) is 11.3 Å². The Morgan fingerprint density at radius 1 is 1.19 bits per heavy atom. The van der Waals surface area contributed by atoms with Crippen molar-refractivity contribution in [2.45, 2.75) is 39.7 Å². The van der Waals surface area contributed by atoms with Crippen LogP contribution in [0, 0.1) is 6.92 Å². The van der Waals surface area contributed by atoms with Gasteiger partial charge in [0.2, 0.25) is 0 Å². The van der Waals surface area contributed by atoms with Crippen LogP contribution in [0.2, 0.25) is 0 Å². The van der Waals surface area contributed by atoms with Gasteiger partial charge in [-0.05, 0) is 43.0 Å². The molecule has 1 aromatic carbocycles. The van der Waals surface area contributed by atoms with E-state index >= 15 is 0 Å². The van der Waals surface area contributed by atoms with E-state index in [4.69, 9.17) is 9.15 Å². The van der Waals surface area contributed by atoms with E-state index in [9.17, 15) is 9.59 Å². The van der Waals surface area contributed by atoms with Gasteiger partial charge in [-0.3, -0.25) is 9.36 Å². The number of ether oxygens (including phenoxy) is 1. The van der Waals surface area contributed by atoms with E-state index in [1.54, 1.807) is 17.6 Å². The number of esters is 1. The number of thiazole rings is 1. The summed E-state index contributed by atoms with van der Waals surface area (Å²) in [5.74, 6) is 1.26. The Bertz CT molecular complexity index is 1350. The van der Waals surface area contributed by atoms with Gasteiger partial charge in [0.15, 0.2) is 4.80 Å². The molecule has 0 fully saturated rings. The van der Waals surface area contributed by atoms with E-state index in [0.29, 0.717) is 32.3 Å². The average molecular weight is 437 g/mol. The Kier molecular flexibility index (Phi) is 5.54. The molecular weight excluding hydrogens is 412 g/mol. The smallest absolute Gasteiger partial charge is 0.338 e. The Balaban J connectivity index is 1.95. The molecule has 0 unspecified atom stereocenters. The third-order valence-corrected chi connectivity index (χ3v) is 6.36. The number of nitrogens with zero attached hydrogens (tertiary/aromatic N) is 2. The second kappa shape index (κ2) is 8.15. The molecule has 0 spiro atoms. The van der Waals surface area contributed by atoms with E-state index in [-0.39, 0.29) is 5.56 Å². The summed E-state index contributed by atoms with van der Waals surface area (Å²) in [5.41, 5.74) is 2.72. The summed E-state index contributed by atoms with van der Waals surface area (Å²) in [6.07, 6.45) is 1.72. The van der Waals surface area contributed by atoms with Crippen molar-refractivity contribution in [3.8, 4) is 0 Å². The van der Waals surface area contributed by atoms with Crippen LogP contribution in [-0.4, -0.2) is 17.6 Å². The third kappa shape index (κ3) is 3.81. The van der Waals surface area contributed by atoms with Crippen LogP contribution < -0.4 is 14.9 Å². The van der Waals surface area contributed by atoms with Crippen LogP contribution in [0.15, 0.2) is 61.9 Å². The number of benzene rings is 1. The number of hydrogen-bond acceptors (Lipinski definition) is 6. The van der Waals surface area contributed by atoms with Gasteiger partial charge in [-0.15, -0.1) is 0 Å². The number of fused-ring (bicyclic) bond motifs is 1. The number of carbonyl (C=O) groups is 1. The highest BCUT2D eigenvalue weighted by Gasteiger charge is 2.33. The predicted octanol–water partition coefficient (Wildman–Crippen LogP) is 3.43. The summed E-state index contributed by atoms with van der Waals surface area (Å²) in [6.45, 7) is 7.87. The number of rotatable bonds is 4. The normalized spacial score (nSPS) is 16.5. The van der Waals surface area contributed by atoms with Crippen LogP contribution in [-0.2, 0) is 9.53 Å². The first kappa shape index (κ1) is 21.1. The van der Waals surface area contributed by atoms with Crippen molar-refractivity contribution in [1.29, 1.82) is 0 Å². The van der Waals surface area contributed by atoms with Crippen molar-refractivity contribution in [3.05, 3.63) is 90.0 Å². The maximum Gasteiger partial charge on any atom is 0.338 e. The monoisotopic (exact) mass is 436 g/mol. The van der Waals surface area contributed by atoms with Gasteiger partial charge < -0.3 is 9.15 Å². The van der Waals surface area contributed by atoms with Gasteiger partial charge in [0.1, 0.15) is 11.5 Å². The number of methoxy groups -OCH3 is 1. The Morgan fingerprint density at radius 3 is 2.48 bits per heavy atom. The fraction of sp³-hybridized carbons (Fsp3) is 0.292. The zero-order valence-corrected chi connectivity index (χ0v) is 18.9. The van der Waals surface area contributed by atoms with Crippen LogP contribution in [0.4, 0.5) is 0 Å². The van der Waals surface area contributed by atoms with Crippen LogP contribution in [0.1, 0.15) is 55.4 Å². The summed E-state index contributed by atoms with van der Waals surface area (Å²) in [7, 11) is 1.34. The van der Waals surface area contributed by atoms with E-state index in [1.165, 1.54) is 24.0 Å². The lowest BCUT2D eigenvalue weighted by Gasteiger charge is -2.24. The number of aromatic nitrogens is 1. The van der Waals surface area contributed by atoms with Crippen molar-refractivity contribution in [3.63, 3.8) is 0 Å². The fourth-order valence-electron chi connectivity index (χ4n) is 3.73. The van der Waals surface area contributed by atoms with Crippen LogP contribution >= 0.6 is 11.3 Å². The molecule has 4 rings (SSSR count).